The SMILES string of the molecule is CCCCN=C(NC(=O)c1ccccc1Cl)Nc1[nH]c(SC)c(C(N)=O)c1C(N)=O. The molecule has 1 aromatic heterocycles. The zero-order chi connectivity index (χ0) is 22.3. The van der Waals surface area contributed by atoms with E-state index in [9.17, 15) is 14.4 Å². The van der Waals surface area contributed by atoms with E-state index < -0.39 is 17.7 Å². The van der Waals surface area contributed by atoms with Crippen LogP contribution in [0, 0.1) is 0 Å². The number of carbonyl (C=O) groups excluding carboxylic acids is 3. The van der Waals surface area contributed by atoms with Gasteiger partial charge in [-0.2, -0.15) is 0 Å². The number of nitrogens with two attached hydrogens (primary N) is 2. The van der Waals surface area contributed by atoms with E-state index in [4.69, 9.17) is 23.1 Å². The number of nitrogens with zero attached hydrogens (tertiary/aromatic N) is 1. The third-order valence-electron chi connectivity index (χ3n) is 4.04. The number of guanidine groups is 1. The van der Waals surface area contributed by atoms with E-state index in [1.165, 1.54) is 11.8 Å². The fourth-order valence-corrected chi connectivity index (χ4v) is 3.44. The smallest absolute Gasteiger partial charge is 0.259 e. The van der Waals surface area contributed by atoms with Crippen molar-refractivity contribution >= 4 is 52.9 Å². The molecule has 30 heavy (non-hydrogen) atoms. The summed E-state index contributed by atoms with van der Waals surface area (Å²) in [6, 6.07) is 6.56. The lowest BCUT2D eigenvalue weighted by molar-refractivity contribution is 0.0966. The first-order chi connectivity index (χ1) is 14.3. The second-order valence-corrected chi connectivity index (χ2v) is 7.38. The Kier molecular flexibility index (Phi) is 8.31. The highest BCUT2D eigenvalue weighted by molar-refractivity contribution is 7.98. The molecule has 9 nitrogen and oxygen atoms in total. The number of H-pyrrole nitrogens is 1. The Morgan fingerprint density at radius 2 is 1.83 bits per heavy atom. The number of nitrogens with one attached hydrogen (secondary N) is 3. The van der Waals surface area contributed by atoms with Crippen LogP contribution in [0.1, 0.15) is 50.8 Å². The number of amides is 3. The van der Waals surface area contributed by atoms with Crippen molar-refractivity contribution in [3.05, 3.63) is 46.0 Å². The number of aliphatic imine (C=N–C) groups is 1. The van der Waals surface area contributed by atoms with Crippen molar-refractivity contribution in [1.29, 1.82) is 0 Å². The van der Waals surface area contributed by atoms with E-state index in [1.807, 2.05) is 6.92 Å². The van der Waals surface area contributed by atoms with Gasteiger partial charge in [-0.1, -0.05) is 37.1 Å². The van der Waals surface area contributed by atoms with Gasteiger partial charge in [0.1, 0.15) is 5.82 Å². The number of thioether (sulfide) groups is 1. The number of rotatable bonds is 8. The van der Waals surface area contributed by atoms with Crippen LogP contribution in [-0.4, -0.2) is 41.5 Å². The van der Waals surface area contributed by atoms with Gasteiger partial charge in [-0.15, -0.1) is 11.8 Å². The van der Waals surface area contributed by atoms with Gasteiger partial charge < -0.3 is 21.8 Å². The predicted molar refractivity (Wildman–Crippen MR) is 119 cm³/mol. The van der Waals surface area contributed by atoms with Crippen molar-refractivity contribution in [2.24, 2.45) is 16.5 Å². The first-order valence-electron chi connectivity index (χ1n) is 9.07. The van der Waals surface area contributed by atoms with Crippen LogP contribution in [0.5, 0.6) is 0 Å². The van der Waals surface area contributed by atoms with Gasteiger partial charge in [-0.05, 0) is 24.8 Å². The zero-order valence-corrected chi connectivity index (χ0v) is 18.1. The Morgan fingerprint density at radius 3 is 2.40 bits per heavy atom. The normalized spacial score (nSPS) is 11.2. The summed E-state index contributed by atoms with van der Waals surface area (Å²) >= 11 is 7.28. The minimum atomic E-state index is -0.854. The van der Waals surface area contributed by atoms with Gasteiger partial charge in [0.2, 0.25) is 5.96 Å². The maximum atomic E-state index is 12.7. The molecule has 0 fully saturated rings. The Hall–Kier alpha value is -2.98. The van der Waals surface area contributed by atoms with Crippen molar-refractivity contribution < 1.29 is 14.4 Å². The number of hydrogen-bond acceptors (Lipinski definition) is 5. The lowest BCUT2D eigenvalue weighted by Crippen LogP contribution is -2.37. The summed E-state index contributed by atoms with van der Waals surface area (Å²) in [5, 5.41) is 6.14. The Balaban J connectivity index is 2.41. The number of benzene rings is 1. The number of primary amides is 2. The molecule has 11 heteroatoms. The Bertz CT molecular complexity index is 989. The first kappa shape index (κ1) is 23.3. The molecule has 1 heterocycles. The van der Waals surface area contributed by atoms with Gasteiger partial charge in [-0.25, -0.2) is 0 Å². The summed E-state index contributed by atoms with van der Waals surface area (Å²) in [6.07, 6.45) is 3.39. The molecular weight excluding hydrogens is 428 g/mol. The van der Waals surface area contributed by atoms with E-state index in [1.54, 1.807) is 30.5 Å². The molecule has 3 amide bonds. The number of aromatic amines is 1. The van der Waals surface area contributed by atoms with E-state index in [0.29, 0.717) is 11.6 Å². The fourth-order valence-electron chi connectivity index (χ4n) is 2.60. The molecule has 1 aromatic carbocycles. The average molecular weight is 451 g/mol. The summed E-state index contributed by atoms with van der Waals surface area (Å²) in [6.45, 7) is 2.43. The van der Waals surface area contributed by atoms with Crippen molar-refractivity contribution in [2.45, 2.75) is 24.8 Å². The zero-order valence-electron chi connectivity index (χ0n) is 16.5. The minimum Gasteiger partial charge on any atom is -0.365 e. The second kappa shape index (κ2) is 10.7. The van der Waals surface area contributed by atoms with Crippen molar-refractivity contribution in [2.75, 3.05) is 18.1 Å². The number of halogens is 1. The van der Waals surface area contributed by atoms with Gasteiger partial charge in [0, 0.05) is 6.54 Å². The topological polar surface area (TPSA) is 155 Å². The predicted octanol–water partition coefficient (Wildman–Crippen LogP) is 2.59. The molecule has 0 aliphatic heterocycles. The molecule has 2 aromatic rings. The molecule has 0 spiro atoms. The molecule has 0 bridgehead atoms. The third-order valence-corrected chi connectivity index (χ3v) is 5.08. The number of anilines is 1. The molecule has 0 saturated carbocycles. The van der Waals surface area contributed by atoms with Crippen LogP contribution in [0.3, 0.4) is 0 Å². The monoisotopic (exact) mass is 450 g/mol. The Morgan fingerprint density at radius 1 is 1.17 bits per heavy atom. The molecule has 0 atom stereocenters. The molecule has 160 valence electrons. The van der Waals surface area contributed by atoms with Gasteiger partial charge in [0.25, 0.3) is 17.7 Å². The van der Waals surface area contributed by atoms with E-state index >= 15 is 0 Å². The van der Waals surface area contributed by atoms with Gasteiger partial charge in [-0.3, -0.25) is 24.7 Å². The largest absolute Gasteiger partial charge is 0.365 e. The standard InChI is InChI=1S/C19H23ClN6O3S/c1-3-4-9-23-19(26-17(29)10-7-5-6-8-11(10)20)25-16-12(14(21)27)13(15(22)28)18(24-16)30-2/h5-8,24H,3-4,9H2,1-2H3,(H2,21,27)(H2,22,28)(H2,23,25,26,29). The highest BCUT2D eigenvalue weighted by atomic mass is 35.5. The van der Waals surface area contributed by atoms with Crippen molar-refractivity contribution in [3.8, 4) is 0 Å². The van der Waals surface area contributed by atoms with E-state index in [0.717, 1.165) is 12.8 Å². The average Bonchev–Trinajstić information content (AvgIpc) is 3.07. The third kappa shape index (κ3) is 5.55. The van der Waals surface area contributed by atoms with E-state index in [2.05, 4.69) is 20.6 Å². The number of unbranched alkanes of at least 4 members (excludes halogenated alkanes) is 1. The summed E-state index contributed by atoms with van der Waals surface area (Å²) < 4.78 is 0. The lowest BCUT2D eigenvalue weighted by atomic mass is 10.1. The van der Waals surface area contributed by atoms with Crippen molar-refractivity contribution in [3.63, 3.8) is 0 Å². The molecule has 0 unspecified atom stereocenters. The quantitative estimate of drug-likeness (QED) is 0.181. The van der Waals surface area contributed by atoms with Crippen molar-refractivity contribution in [1.82, 2.24) is 10.3 Å². The van der Waals surface area contributed by atoms with E-state index in [-0.39, 0.29) is 33.5 Å². The van der Waals surface area contributed by atoms with Crippen LogP contribution in [-0.2, 0) is 0 Å². The second-order valence-electron chi connectivity index (χ2n) is 6.15. The highest BCUT2D eigenvalue weighted by Gasteiger charge is 2.26. The minimum absolute atomic E-state index is 0.0251. The molecule has 2 rings (SSSR count). The molecule has 0 aliphatic rings. The molecule has 0 saturated heterocycles. The van der Waals surface area contributed by atoms with Gasteiger partial charge in [0.15, 0.2) is 0 Å². The summed E-state index contributed by atoms with van der Waals surface area (Å²) in [5.74, 6) is -1.97. The number of hydrogen-bond donors (Lipinski definition) is 5. The molecule has 0 aliphatic carbocycles. The maximum absolute atomic E-state index is 12.7. The summed E-state index contributed by atoms with van der Waals surface area (Å²) in [5.41, 5.74) is 11.0. The van der Waals surface area contributed by atoms with Crippen LogP contribution < -0.4 is 22.1 Å². The van der Waals surface area contributed by atoms with Gasteiger partial charge in [0.05, 0.1) is 26.7 Å². The first-order valence-corrected chi connectivity index (χ1v) is 10.7. The van der Waals surface area contributed by atoms with Crippen LogP contribution in [0.2, 0.25) is 5.02 Å². The van der Waals surface area contributed by atoms with Crippen LogP contribution in [0.15, 0.2) is 34.3 Å². The maximum Gasteiger partial charge on any atom is 0.259 e. The van der Waals surface area contributed by atoms with Crippen LogP contribution in [0.4, 0.5) is 5.82 Å². The highest BCUT2D eigenvalue weighted by Crippen LogP contribution is 2.29. The van der Waals surface area contributed by atoms with Crippen LogP contribution >= 0.6 is 23.4 Å². The molecule has 0 radical (unpaired) electrons. The number of aromatic nitrogens is 1. The fraction of sp³-hybridized carbons (Fsp3) is 0.263. The molecule has 7 N–H and O–H groups in total. The lowest BCUT2D eigenvalue weighted by Gasteiger charge is -2.12. The summed E-state index contributed by atoms with van der Waals surface area (Å²) in [7, 11) is 0. The summed E-state index contributed by atoms with van der Waals surface area (Å²) in [4.78, 5) is 43.8. The number of carbonyl (C=O) groups is 3. The molecular formula is C19H23ClN6O3S. The van der Waals surface area contributed by atoms with Gasteiger partial charge >= 0.3 is 0 Å². The van der Waals surface area contributed by atoms with Crippen LogP contribution in [0.25, 0.3) is 0 Å². The Labute approximate surface area is 183 Å².